The van der Waals surface area contributed by atoms with Gasteiger partial charge in [0, 0.05) is 29.4 Å². The standard InChI is InChI=1S/C46H64FNO6/c1-26(2)36-32(49)25-46(22-23-48-38(50)27-10-12-28(47)13-11-27)21-20-44(8)29(37(36)46)14-15-34-43(7)18-17-35(42(5,6)33(43)16-19-45(34,44)9)54-40(53)31-24-30(39(51)52)41(31,3)4/h10-13,26,29-31,33-35H,14-25H2,1-9H3,(H,48,50)(H,51,52)/t29-,30+,31-,33+,34-,35+,43+,44-,45-,46-/m1/s1. The monoisotopic (exact) mass is 745 g/mol. The minimum atomic E-state index is -0.835. The summed E-state index contributed by atoms with van der Waals surface area (Å²) in [5, 5.41) is 12.7. The lowest BCUT2D eigenvalue weighted by molar-refractivity contribution is -0.236. The predicted octanol–water partition coefficient (Wildman–Crippen LogP) is 9.59. The number of esters is 1. The number of rotatable bonds is 8. The number of ether oxygens (including phenoxy) is 1. The van der Waals surface area contributed by atoms with Gasteiger partial charge in [-0.2, -0.15) is 0 Å². The molecule has 0 saturated heterocycles. The van der Waals surface area contributed by atoms with Gasteiger partial charge in [-0.05, 0) is 139 Å². The van der Waals surface area contributed by atoms with Gasteiger partial charge in [-0.1, -0.05) is 67.9 Å². The Balaban J connectivity index is 1.12. The van der Waals surface area contributed by atoms with Crippen molar-refractivity contribution < 1.29 is 33.4 Å². The van der Waals surface area contributed by atoms with E-state index in [1.807, 2.05) is 13.8 Å². The van der Waals surface area contributed by atoms with Crippen molar-refractivity contribution in [3.63, 3.8) is 0 Å². The van der Waals surface area contributed by atoms with E-state index >= 15 is 0 Å². The van der Waals surface area contributed by atoms with E-state index in [-0.39, 0.29) is 68.5 Å². The zero-order valence-electron chi connectivity index (χ0n) is 34.2. The zero-order valence-corrected chi connectivity index (χ0v) is 34.2. The normalized spacial score (nSPS) is 40.5. The van der Waals surface area contributed by atoms with Crippen molar-refractivity contribution in [1.29, 1.82) is 0 Å². The largest absolute Gasteiger partial charge is 0.481 e. The highest BCUT2D eigenvalue weighted by atomic mass is 19.1. The first-order valence-electron chi connectivity index (χ1n) is 20.9. The molecule has 7 rings (SSSR count). The number of fused-ring (bicyclic) bond motifs is 7. The topological polar surface area (TPSA) is 110 Å². The molecule has 5 fully saturated rings. The molecule has 54 heavy (non-hydrogen) atoms. The Morgan fingerprint density at radius 2 is 1.54 bits per heavy atom. The molecular formula is C46H64FNO6. The highest BCUT2D eigenvalue weighted by molar-refractivity contribution is 6.00. The molecule has 0 unspecified atom stereocenters. The van der Waals surface area contributed by atoms with E-state index in [0.29, 0.717) is 42.7 Å². The van der Waals surface area contributed by atoms with Gasteiger partial charge in [0.2, 0.25) is 0 Å². The van der Waals surface area contributed by atoms with Crippen LogP contribution in [-0.2, 0) is 19.1 Å². The molecule has 7 nitrogen and oxygen atoms in total. The number of hydrogen-bond acceptors (Lipinski definition) is 5. The Morgan fingerprint density at radius 1 is 0.852 bits per heavy atom. The van der Waals surface area contributed by atoms with Crippen molar-refractivity contribution in [1.82, 2.24) is 5.32 Å². The summed E-state index contributed by atoms with van der Waals surface area (Å²) in [7, 11) is 0. The van der Waals surface area contributed by atoms with Crippen LogP contribution in [-0.4, -0.2) is 41.4 Å². The number of hydrogen-bond donors (Lipinski definition) is 2. The van der Waals surface area contributed by atoms with Gasteiger partial charge in [0.05, 0.1) is 11.8 Å². The second-order valence-corrected chi connectivity index (χ2v) is 20.8. The maximum absolute atomic E-state index is 14.0. The van der Waals surface area contributed by atoms with Crippen molar-refractivity contribution in [2.45, 2.75) is 139 Å². The van der Waals surface area contributed by atoms with Crippen LogP contribution in [0.5, 0.6) is 0 Å². The van der Waals surface area contributed by atoms with Gasteiger partial charge in [0.15, 0.2) is 5.78 Å². The van der Waals surface area contributed by atoms with Crippen LogP contribution in [0.25, 0.3) is 0 Å². The van der Waals surface area contributed by atoms with E-state index in [1.165, 1.54) is 29.8 Å². The number of nitrogens with one attached hydrogen (secondary N) is 1. The summed E-state index contributed by atoms with van der Waals surface area (Å²) < 4.78 is 19.9. The Morgan fingerprint density at radius 3 is 2.17 bits per heavy atom. The molecule has 0 aromatic heterocycles. The molecule has 296 valence electrons. The summed E-state index contributed by atoms with van der Waals surface area (Å²) >= 11 is 0. The number of carbonyl (C=O) groups excluding carboxylic acids is 3. The van der Waals surface area contributed by atoms with E-state index in [9.17, 15) is 28.7 Å². The molecule has 6 aliphatic carbocycles. The second kappa shape index (κ2) is 13.0. The minimum Gasteiger partial charge on any atom is -0.481 e. The van der Waals surface area contributed by atoms with E-state index in [1.54, 1.807) is 0 Å². The minimum absolute atomic E-state index is 0.0226. The molecule has 0 heterocycles. The van der Waals surface area contributed by atoms with Crippen LogP contribution < -0.4 is 5.32 Å². The third-order valence-corrected chi connectivity index (χ3v) is 17.6. The van der Waals surface area contributed by atoms with Gasteiger partial charge >= 0.3 is 11.9 Å². The quantitative estimate of drug-likeness (QED) is 0.257. The molecular weight excluding hydrogens is 682 g/mol. The summed E-state index contributed by atoms with van der Waals surface area (Å²) in [6.45, 7) is 20.8. The van der Waals surface area contributed by atoms with Gasteiger partial charge < -0.3 is 15.2 Å². The number of aliphatic carboxylic acids is 1. The Kier molecular flexibility index (Phi) is 9.45. The third kappa shape index (κ3) is 5.59. The molecule has 10 atom stereocenters. The number of allylic oxidation sites excluding steroid dienone is 2. The van der Waals surface area contributed by atoms with Crippen LogP contribution in [0.3, 0.4) is 0 Å². The summed E-state index contributed by atoms with van der Waals surface area (Å²) in [4.78, 5) is 52.4. The summed E-state index contributed by atoms with van der Waals surface area (Å²) in [6, 6.07) is 5.64. The summed E-state index contributed by atoms with van der Waals surface area (Å²) in [5.41, 5.74) is 2.00. The molecule has 2 N–H and O–H groups in total. The first-order chi connectivity index (χ1) is 25.1. The fourth-order valence-electron chi connectivity index (χ4n) is 14.3. The lowest BCUT2D eigenvalue weighted by atomic mass is 9.33. The van der Waals surface area contributed by atoms with Crippen LogP contribution >= 0.6 is 0 Å². The van der Waals surface area contributed by atoms with Crippen LogP contribution in [0, 0.1) is 73.8 Å². The van der Waals surface area contributed by atoms with Gasteiger partial charge in [0.1, 0.15) is 11.9 Å². The highest BCUT2D eigenvalue weighted by Crippen LogP contribution is 2.77. The van der Waals surface area contributed by atoms with E-state index in [0.717, 1.165) is 63.4 Å². The third-order valence-electron chi connectivity index (χ3n) is 17.6. The lowest BCUT2D eigenvalue weighted by Crippen LogP contribution is -2.66. The van der Waals surface area contributed by atoms with Crippen LogP contribution in [0.15, 0.2) is 35.4 Å². The fourth-order valence-corrected chi connectivity index (χ4v) is 14.3. The first kappa shape index (κ1) is 39.2. The average Bonchev–Trinajstić information content (AvgIpc) is 3.38. The molecule has 0 radical (unpaired) electrons. The number of amides is 1. The number of carboxylic acids is 1. The Bertz CT molecular complexity index is 1760. The van der Waals surface area contributed by atoms with Crippen molar-refractivity contribution in [2.75, 3.05) is 6.54 Å². The van der Waals surface area contributed by atoms with Gasteiger partial charge in [-0.15, -0.1) is 0 Å². The lowest BCUT2D eigenvalue weighted by Gasteiger charge is -2.72. The van der Waals surface area contributed by atoms with Crippen molar-refractivity contribution >= 4 is 23.6 Å². The summed E-state index contributed by atoms with van der Waals surface area (Å²) in [5.74, 6) is -0.905. The van der Waals surface area contributed by atoms with Gasteiger partial charge in [-0.25, -0.2) is 4.39 Å². The average molecular weight is 746 g/mol. The highest BCUT2D eigenvalue weighted by Gasteiger charge is 2.70. The Hall–Kier alpha value is -3.03. The summed E-state index contributed by atoms with van der Waals surface area (Å²) in [6.07, 6.45) is 9.56. The molecule has 0 spiro atoms. The molecule has 1 aromatic carbocycles. The van der Waals surface area contributed by atoms with Crippen molar-refractivity contribution in [3.05, 3.63) is 46.8 Å². The first-order valence-corrected chi connectivity index (χ1v) is 20.9. The molecule has 1 aromatic rings. The van der Waals surface area contributed by atoms with E-state index < -0.39 is 17.3 Å². The maximum atomic E-state index is 14.0. The van der Waals surface area contributed by atoms with E-state index in [4.69, 9.17) is 4.74 Å². The molecule has 5 saturated carbocycles. The molecule has 1 amide bonds. The number of carboxylic acid groups (broad SMARTS) is 1. The van der Waals surface area contributed by atoms with Gasteiger partial charge in [0.25, 0.3) is 5.91 Å². The fraction of sp³-hybridized carbons (Fsp3) is 0.739. The maximum Gasteiger partial charge on any atom is 0.309 e. The van der Waals surface area contributed by atoms with Gasteiger partial charge in [-0.3, -0.25) is 19.2 Å². The van der Waals surface area contributed by atoms with E-state index in [2.05, 4.69) is 53.8 Å². The number of carbonyl (C=O) groups is 4. The molecule has 6 aliphatic rings. The number of benzene rings is 1. The number of ketones is 1. The predicted molar refractivity (Wildman–Crippen MR) is 206 cm³/mol. The number of halogens is 1. The molecule has 0 aliphatic heterocycles. The van der Waals surface area contributed by atoms with Crippen LogP contribution in [0.2, 0.25) is 0 Å². The smallest absolute Gasteiger partial charge is 0.309 e. The van der Waals surface area contributed by atoms with Crippen LogP contribution in [0.4, 0.5) is 4.39 Å². The molecule has 0 bridgehead atoms. The van der Waals surface area contributed by atoms with Crippen molar-refractivity contribution in [3.8, 4) is 0 Å². The number of Topliss-reactive ketones (excluding diaryl/α,β-unsaturated/α-hetero) is 1. The van der Waals surface area contributed by atoms with Crippen LogP contribution in [0.1, 0.15) is 143 Å². The SMILES string of the molecule is CC(C)C1=C2[C@H]3CC[C@@H]4[C@@]5(C)CC[C@H](OC(=O)[C@H]6C[C@@H](C(=O)O)C6(C)C)C(C)(C)[C@@H]5CC[C@@]4(C)[C@]3(C)CC[C@@]2(CCNC(=O)c2ccc(F)cc2)CC1=O. The molecule has 8 heteroatoms. The second-order valence-electron chi connectivity index (χ2n) is 20.8. The zero-order chi connectivity index (χ0) is 39.4. The van der Waals surface area contributed by atoms with Crippen molar-refractivity contribution in [2.24, 2.45) is 68.0 Å². The Labute approximate surface area is 322 Å².